The smallest absolute Gasteiger partial charge is 0.137 e. The zero-order valence-corrected chi connectivity index (χ0v) is 16.8. The van der Waals surface area contributed by atoms with Gasteiger partial charge in [0.15, 0.2) is 0 Å². The second-order valence-corrected chi connectivity index (χ2v) is 6.80. The molecule has 0 aliphatic heterocycles. The van der Waals surface area contributed by atoms with Crippen LogP contribution in [0.2, 0.25) is 0 Å². The first kappa shape index (κ1) is 18.8. The third-order valence-electron chi connectivity index (χ3n) is 4.94. The fourth-order valence-corrected chi connectivity index (χ4v) is 3.29. The normalized spacial score (nSPS) is 12.7. The lowest BCUT2D eigenvalue weighted by molar-refractivity contribution is 0.414. The van der Waals surface area contributed by atoms with Crippen LogP contribution in [0.15, 0.2) is 88.3 Å². The van der Waals surface area contributed by atoms with Crippen LogP contribution in [0.5, 0.6) is 11.5 Å². The predicted molar refractivity (Wildman–Crippen MR) is 115 cm³/mol. The SMILES string of the molecule is COc1ccc(-c2cc(=N[C@H](C)c3ccccc3)c3cc(OC)ccc3o2)cc1. The summed E-state index contributed by atoms with van der Waals surface area (Å²) in [4.78, 5) is 5.01. The fourth-order valence-electron chi connectivity index (χ4n) is 3.29. The van der Waals surface area contributed by atoms with Crippen LogP contribution in [0.3, 0.4) is 0 Å². The van der Waals surface area contributed by atoms with Crippen molar-refractivity contribution >= 4 is 11.0 Å². The van der Waals surface area contributed by atoms with Gasteiger partial charge in [-0.2, -0.15) is 0 Å². The maximum Gasteiger partial charge on any atom is 0.137 e. The van der Waals surface area contributed by atoms with Crippen LogP contribution >= 0.6 is 0 Å². The lowest BCUT2D eigenvalue weighted by Gasteiger charge is -2.10. The second-order valence-electron chi connectivity index (χ2n) is 6.80. The topological polar surface area (TPSA) is 44.0 Å². The molecule has 0 aliphatic rings. The Morgan fingerprint density at radius 3 is 2.17 bits per heavy atom. The Morgan fingerprint density at radius 2 is 1.48 bits per heavy atom. The van der Waals surface area contributed by atoms with Gasteiger partial charge in [0.05, 0.1) is 25.6 Å². The molecule has 0 fully saturated rings. The molecule has 0 spiro atoms. The molecule has 3 aromatic carbocycles. The molecule has 0 amide bonds. The van der Waals surface area contributed by atoms with Gasteiger partial charge in [-0.05, 0) is 55.0 Å². The molecule has 0 bridgehead atoms. The van der Waals surface area contributed by atoms with Crippen LogP contribution in [-0.2, 0) is 0 Å². The third kappa shape index (κ3) is 4.02. The molecule has 1 heterocycles. The molecule has 0 saturated carbocycles. The summed E-state index contributed by atoms with van der Waals surface area (Å²) >= 11 is 0. The number of nitrogens with zero attached hydrogens (tertiary/aromatic N) is 1. The summed E-state index contributed by atoms with van der Waals surface area (Å²) in [6, 6.07) is 25.9. The van der Waals surface area contributed by atoms with Crippen LogP contribution in [0.25, 0.3) is 22.3 Å². The molecule has 0 radical (unpaired) electrons. The van der Waals surface area contributed by atoms with Crippen molar-refractivity contribution in [1.82, 2.24) is 0 Å². The molecule has 4 nitrogen and oxygen atoms in total. The molecular formula is C25H23NO3. The average Bonchev–Trinajstić information content (AvgIpc) is 2.79. The summed E-state index contributed by atoms with van der Waals surface area (Å²) in [6.07, 6.45) is 0. The number of fused-ring (bicyclic) bond motifs is 1. The quantitative estimate of drug-likeness (QED) is 0.437. The van der Waals surface area contributed by atoms with Crippen molar-refractivity contribution in [2.75, 3.05) is 14.2 Å². The first-order valence-electron chi connectivity index (χ1n) is 9.53. The van der Waals surface area contributed by atoms with Crippen molar-refractivity contribution in [3.8, 4) is 22.8 Å². The van der Waals surface area contributed by atoms with Gasteiger partial charge < -0.3 is 13.9 Å². The van der Waals surface area contributed by atoms with Gasteiger partial charge in [0, 0.05) is 17.0 Å². The Bertz CT molecular complexity index is 1180. The van der Waals surface area contributed by atoms with Crippen LogP contribution in [-0.4, -0.2) is 14.2 Å². The van der Waals surface area contributed by atoms with E-state index >= 15 is 0 Å². The number of hydrogen-bond acceptors (Lipinski definition) is 4. The molecule has 4 rings (SSSR count). The maximum absolute atomic E-state index is 6.19. The average molecular weight is 385 g/mol. The van der Waals surface area contributed by atoms with E-state index in [1.54, 1.807) is 14.2 Å². The number of ether oxygens (including phenoxy) is 2. The van der Waals surface area contributed by atoms with E-state index in [1.807, 2.05) is 66.7 Å². The summed E-state index contributed by atoms with van der Waals surface area (Å²) in [5.41, 5.74) is 2.89. The Kier molecular flexibility index (Phi) is 5.34. The van der Waals surface area contributed by atoms with Crippen molar-refractivity contribution in [3.63, 3.8) is 0 Å². The van der Waals surface area contributed by atoms with Gasteiger partial charge >= 0.3 is 0 Å². The molecule has 0 unspecified atom stereocenters. The van der Waals surface area contributed by atoms with Crippen molar-refractivity contribution in [1.29, 1.82) is 0 Å². The van der Waals surface area contributed by atoms with Gasteiger partial charge in [0.2, 0.25) is 0 Å². The minimum absolute atomic E-state index is 0.0109. The molecule has 1 aromatic heterocycles. The molecule has 0 aliphatic carbocycles. The van der Waals surface area contributed by atoms with E-state index in [4.69, 9.17) is 18.9 Å². The Hall–Kier alpha value is -3.53. The number of benzene rings is 3. The third-order valence-corrected chi connectivity index (χ3v) is 4.94. The number of hydrogen-bond donors (Lipinski definition) is 0. The number of methoxy groups -OCH3 is 2. The predicted octanol–water partition coefficient (Wildman–Crippen LogP) is 5.78. The molecule has 1 atom stereocenters. The standard InChI is InChI=1S/C25H23NO3/c1-17(18-7-5-4-6-8-18)26-23-16-25(19-9-11-20(27-2)12-10-19)29-24-14-13-21(28-3)15-22(23)24/h4-17H,1-3H3/t17-/m1/s1. The molecule has 0 N–H and O–H groups in total. The molecule has 4 aromatic rings. The van der Waals surface area contributed by atoms with Gasteiger partial charge in [0.25, 0.3) is 0 Å². The van der Waals surface area contributed by atoms with Gasteiger partial charge in [-0.25, -0.2) is 0 Å². The largest absolute Gasteiger partial charge is 0.497 e. The van der Waals surface area contributed by atoms with Crippen LogP contribution < -0.4 is 14.8 Å². The highest BCUT2D eigenvalue weighted by Crippen LogP contribution is 2.27. The molecule has 0 saturated heterocycles. The first-order valence-corrected chi connectivity index (χ1v) is 9.53. The van der Waals surface area contributed by atoms with Gasteiger partial charge in [-0.15, -0.1) is 0 Å². The fraction of sp³-hybridized carbons (Fsp3) is 0.160. The molecule has 29 heavy (non-hydrogen) atoms. The van der Waals surface area contributed by atoms with Gasteiger partial charge in [0.1, 0.15) is 22.8 Å². The molecular weight excluding hydrogens is 362 g/mol. The van der Waals surface area contributed by atoms with Crippen LogP contribution in [0.1, 0.15) is 18.5 Å². The highest BCUT2D eigenvalue weighted by Gasteiger charge is 2.09. The van der Waals surface area contributed by atoms with Crippen LogP contribution in [0, 0.1) is 0 Å². The minimum atomic E-state index is 0.0109. The summed E-state index contributed by atoms with van der Waals surface area (Å²) in [6.45, 7) is 2.10. The highest BCUT2D eigenvalue weighted by atomic mass is 16.5. The van der Waals surface area contributed by atoms with Crippen molar-refractivity contribution < 1.29 is 13.9 Å². The van der Waals surface area contributed by atoms with E-state index in [2.05, 4.69) is 19.1 Å². The van der Waals surface area contributed by atoms with Crippen molar-refractivity contribution in [2.24, 2.45) is 4.99 Å². The Labute approximate surface area is 170 Å². The van der Waals surface area contributed by atoms with Crippen molar-refractivity contribution in [2.45, 2.75) is 13.0 Å². The first-order chi connectivity index (χ1) is 14.2. The molecule has 146 valence electrons. The summed E-state index contributed by atoms with van der Waals surface area (Å²) in [7, 11) is 3.32. The molecule has 4 heteroatoms. The number of rotatable bonds is 5. The minimum Gasteiger partial charge on any atom is -0.497 e. The van der Waals surface area contributed by atoms with Gasteiger partial charge in [-0.3, -0.25) is 4.99 Å². The lowest BCUT2D eigenvalue weighted by atomic mass is 10.1. The van der Waals surface area contributed by atoms with Crippen molar-refractivity contribution in [3.05, 3.63) is 89.8 Å². The summed E-state index contributed by atoms with van der Waals surface area (Å²) < 4.78 is 16.9. The zero-order chi connectivity index (χ0) is 20.2. The zero-order valence-electron chi connectivity index (χ0n) is 16.8. The lowest BCUT2D eigenvalue weighted by Crippen LogP contribution is -2.07. The summed E-state index contributed by atoms with van der Waals surface area (Å²) in [5.74, 6) is 2.33. The second kappa shape index (κ2) is 8.23. The van der Waals surface area contributed by atoms with E-state index in [9.17, 15) is 0 Å². The Balaban J connectivity index is 1.90. The Morgan fingerprint density at radius 1 is 0.793 bits per heavy atom. The monoisotopic (exact) mass is 385 g/mol. The van der Waals surface area contributed by atoms with E-state index in [1.165, 1.54) is 0 Å². The van der Waals surface area contributed by atoms with E-state index in [0.29, 0.717) is 0 Å². The summed E-state index contributed by atoms with van der Waals surface area (Å²) in [5, 5.41) is 1.79. The van der Waals surface area contributed by atoms with E-state index < -0.39 is 0 Å². The van der Waals surface area contributed by atoms with E-state index in [-0.39, 0.29) is 6.04 Å². The van der Waals surface area contributed by atoms with Gasteiger partial charge in [-0.1, -0.05) is 30.3 Å². The van der Waals surface area contributed by atoms with E-state index in [0.717, 1.165) is 44.7 Å². The maximum atomic E-state index is 6.19. The highest BCUT2D eigenvalue weighted by molar-refractivity contribution is 5.80. The van der Waals surface area contributed by atoms with Crippen LogP contribution in [0.4, 0.5) is 0 Å².